The number of hydrogen-bond donors (Lipinski definition) is 0. The van der Waals surface area contributed by atoms with Gasteiger partial charge in [0.05, 0.1) is 0 Å². The molecule has 0 aromatic rings. The van der Waals surface area contributed by atoms with E-state index in [0.29, 0.717) is 3.93 Å². The summed E-state index contributed by atoms with van der Waals surface area (Å²) in [7, 11) is 0. The molecule has 0 aliphatic heterocycles. The number of rotatable bonds is 1. The molecule has 0 aromatic heterocycles. The van der Waals surface area contributed by atoms with E-state index in [-0.39, 0.29) is 0 Å². The molecule has 0 bridgehead atoms. The van der Waals surface area contributed by atoms with Gasteiger partial charge in [-0.2, -0.15) is 0 Å². The molecule has 0 heterocycles. The first-order chi connectivity index (χ1) is 4.30. The van der Waals surface area contributed by atoms with E-state index < -0.39 is 19.7 Å². The Balaban J connectivity index is 2.31. The molecular formula is C7H14OSn. The van der Waals surface area contributed by atoms with Gasteiger partial charge in [0.2, 0.25) is 0 Å². The Morgan fingerprint density at radius 2 is 1.78 bits per heavy atom. The third kappa shape index (κ3) is 2.36. The minimum absolute atomic E-state index is 0.696. The Kier molecular flexibility index (Phi) is 3.16. The first kappa shape index (κ1) is 7.70. The van der Waals surface area contributed by atoms with E-state index in [0.717, 1.165) is 0 Å². The average Bonchev–Trinajstić information content (AvgIpc) is 1.90. The van der Waals surface area contributed by atoms with Crippen molar-refractivity contribution in [3.05, 3.63) is 0 Å². The van der Waals surface area contributed by atoms with Gasteiger partial charge in [-0.1, -0.05) is 0 Å². The van der Waals surface area contributed by atoms with Crippen LogP contribution in [0, 0.1) is 0 Å². The van der Waals surface area contributed by atoms with Crippen LogP contribution in [0.4, 0.5) is 0 Å². The molecule has 52 valence electrons. The molecule has 1 saturated carbocycles. The third-order valence-corrected chi connectivity index (χ3v) is 7.11. The quantitative estimate of drug-likeness (QED) is 0.635. The van der Waals surface area contributed by atoms with Gasteiger partial charge in [-0.25, -0.2) is 0 Å². The van der Waals surface area contributed by atoms with Crippen LogP contribution in [0.3, 0.4) is 0 Å². The second-order valence-electron chi connectivity index (χ2n) is 2.95. The maximum atomic E-state index is 11.1. The summed E-state index contributed by atoms with van der Waals surface area (Å²) < 4.78 is 11.8. The fraction of sp³-hybridized carbons (Fsp3) is 1.00. The van der Waals surface area contributed by atoms with Crippen LogP contribution in [0.2, 0.25) is 8.87 Å². The molecule has 1 fully saturated rings. The van der Waals surface area contributed by atoms with Crippen molar-refractivity contribution in [2.24, 2.45) is 0 Å². The van der Waals surface area contributed by atoms with E-state index in [4.69, 9.17) is 0 Å². The molecule has 0 saturated heterocycles. The van der Waals surface area contributed by atoms with Crippen molar-refractivity contribution in [1.82, 2.24) is 0 Å². The van der Waals surface area contributed by atoms with Gasteiger partial charge >= 0.3 is 63.8 Å². The summed E-state index contributed by atoms with van der Waals surface area (Å²) >= 11 is -2.00. The molecule has 1 nitrogen and oxygen atoms in total. The Morgan fingerprint density at radius 1 is 1.22 bits per heavy atom. The van der Waals surface area contributed by atoms with E-state index in [9.17, 15) is 3.08 Å². The van der Waals surface area contributed by atoms with Gasteiger partial charge in [0.15, 0.2) is 0 Å². The van der Waals surface area contributed by atoms with E-state index in [1.54, 1.807) is 0 Å². The first-order valence-electron chi connectivity index (χ1n) is 3.81. The zero-order valence-electron chi connectivity index (χ0n) is 6.02. The predicted octanol–water partition coefficient (Wildman–Crippen LogP) is 2.37. The fourth-order valence-electron chi connectivity index (χ4n) is 1.51. The molecule has 0 spiro atoms. The molecule has 2 heteroatoms. The van der Waals surface area contributed by atoms with Crippen molar-refractivity contribution < 1.29 is 3.08 Å². The van der Waals surface area contributed by atoms with Gasteiger partial charge < -0.3 is 0 Å². The van der Waals surface area contributed by atoms with E-state index in [1.165, 1.54) is 32.1 Å². The Bertz CT molecular complexity index is 105. The van der Waals surface area contributed by atoms with Crippen LogP contribution in [-0.4, -0.2) is 19.7 Å². The van der Waals surface area contributed by atoms with Gasteiger partial charge in [0.1, 0.15) is 0 Å². The predicted molar refractivity (Wildman–Crippen MR) is 39.1 cm³/mol. The van der Waals surface area contributed by atoms with Crippen LogP contribution in [0.1, 0.15) is 32.1 Å². The monoisotopic (exact) mass is 234 g/mol. The van der Waals surface area contributed by atoms with Crippen molar-refractivity contribution in [3.63, 3.8) is 0 Å². The van der Waals surface area contributed by atoms with Gasteiger partial charge in [-0.3, -0.25) is 0 Å². The van der Waals surface area contributed by atoms with Gasteiger partial charge in [-0.05, 0) is 0 Å². The van der Waals surface area contributed by atoms with Crippen molar-refractivity contribution in [2.75, 3.05) is 0 Å². The molecule has 1 aliphatic carbocycles. The molecule has 0 amide bonds. The Morgan fingerprint density at radius 3 is 2.11 bits per heavy atom. The summed E-state index contributed by atoms with van der Waals surface area (Å²) in [5, 5.41) is 0. The molecule has 0 aromatic carbocycles. The van der Waals surface area contributed by atoms with Crippen molar-refractivity contribution in [2.45, 2.75) is 41.0 Å². The van der Waals surface area contributed by atoms with E-state index in [2.05, 4.69) is 0 Å². The zero-order chi connectivity index (χ0) is 6.69. The summed E-state index contributed by atoms with van der Waals surface area (Å²) in [6.07, 6.45) is 6.60. The number of hydrogen-bond acceptors (Lipinski definition) is 1. The SMILES string of the molecule is [CH3][Sn](=[O])[CH]1CCCCC1. The molecule has 1 rings (SSSR count). The van der Waals surface area contributed by atoms with Crippen LogP contribution >= 0.6 is 0 Å². The summed E-state index contributed by atoms with van der Waals surface area (Å²) in [6.45, 7) is 0. The van der Waals surface area contributed by atoms with Crippen LogP contribution < -0.4 is 0 Å². The van der Waals surface area contributed by atoms with Gasteiger partial charge in [0.25, 0.3) is 0 Å². The fourth-order valence-corrected chi connectivity index (χ4v) is 4.99. The Hall–Kier alpha value is 0.599. The minimum atomic E-state index is -2.00. The summed E-state index contributed by atoms with van der Waals surface area (Å²) in [5.41, 5.74) is 0. The second kappa shape index (κ2) is 3.69. The van der Waals surface area contributed by atoms with E-state index >= 15 is 0 Å². The summed E-state index contributed by atoms with van der Waals surface area (Å²) in [4.78, 5) is 2.00. The van der Waals surface area contributed by atoms with E-state index in [1.807, 2.05) is 4.94 Å². The summed E-state index contributed by atoms with van der Waals surface area (Å²) in [6, 6.07) is 0. The molecule has 0 unspecified atom stereocenters. The van der Waals surface area contributed by atoms with Crippen molar-refractivity contribution in [1.29, 1.82) is 0 Å². The molecular weight excluding hydrogens is 219 g/mol. The average molecular weight is 233 g/mol. The van der Waals surface area contributed by atoms with Crippen LogP contribution in [0.25, 0.3) is 0 Å². The van der Waals surface area contributed by atoms with Crippen LogP contribution in [0.15, 0.2) is 0 Å². The van der Waals surface area contributed by atoms with Gasteiger partial charge in [0, 0.05) is 0 Å². The summed E-state index contributed by atoms with van der Waals surface area (Å²) in [5.74, 6) is 0. The van der Waals surface area contributed by atoms with Gasteiger partial charge in [-0.15, -0.1) is 0 Å². The molecule has 0 atom stereocenters. The van der Waals surface area contributed by atoms with Crippen molar-refractivity contribution in [3.8, 4) is 0 Å². The molecule has 1 aliphatic rings. The first-order valence-corrected chi connectivity index (χ1v) is 9.48. The molecule has 0 radical (unpaired) electrons. The topological polar surface area (TPSA) is 17.1 Å². The second-order valence-corrected chi connectivity index (χ2v) is 8.76. The molecule has 9 heavy (non-hydrogen) atoms. The standard InChI is InChI=1S/C6H11.CH3.O.Sn/c1-2-4-6-5-3-1;;;/h1H,2-6H2;1H3;;. The third-order valence-electron chi connectivity index (χ3n) is 2.18. The van der Waals surface area contributed by atoms with Crippen LogP contribution in [0.5, 0.6) is 0 Å². The zero-order valence-corrected chi connectivity index (χ0v) is 8.88. The normalized spacial score (nSPS) is 21.9. The maximum absolute atomic E-state index is 11.1. The Labute approximate surface area is 64.0 Å². The molecule has 0 N–H and O–H groups in total. The van der Waals surface area contributed by atoms with Crippen molar-refractivity contribution >= 4 is 19.7 Å². The van der Waals surface area contributed by atoms with Crippen LogP contribution in [-0.2, 0) is 3.08 Å².